The maximum absolute atomic E-state index is 12.2. The Morgan fingerprint density at radius 1 is 1.37 bits per heavy atom. The van der Waals surface area contributed by atoms with Gasteiger partial charge in [-0.3, -0.25) is 9.48 Å². The number of rotatable bonds is 2. The molecule has 0 bridgehead atoms. The normalized spacial score (nSPS) is 10.5. The smallest absolute Gasteiger partial charge is 0.261 e. The van der Waals surface area contributed by atoms with Gasteiger partial charge in [0.2, 0.25) is 0 Å². The predicted molar refractivity (Wildman–Crippen MR) is 82.2 cm³/mol. The van der Waals surface area contributed by atoms with E-state index in [9.17, 15) is 4.79 Å². The third-order valence-corrected chi connectivity index (χ3v) is 3.91. The van der Waals surface area contributed by atoms with E-state index in [2.05, 4.69) is 42.3 Å². The summed E-state index contributed by atoms with van der Waals surface area (Å²) in [6.07, 6.45) is 1.45. The number of nitrogens with zero attached hydrogens (tertiary/aromatic N) is 2. The Morgan fingerprint density at radius 2 is 1.95 bits per heavy atom. The number of aryl methyl sites for hydroxylation is 2. The molecule has 0 radical (unpaired) electrons. The number of nitrogen functional groups attached to an aromatic ring is 1. The topological polar surface area (TPSA) is 72.9 Å². The number of nitrogens with two attached hydrogens (primary N) is 1. The fraction of sp³-hybridized carbons (Fsp3) is 0.167. The van der Waals surface area contributed by atoms with Gasteiger partial charge >= 0.3 is 0 Å². The van der Waals surface area contributed by atoms with E-state index < -0.39 is 0 Å². The first kappa shape index (κ1) is 14.1. The Hall–Kier alpha value is -1.34. The SMILES string of the molecule is Cc1cc(Br)c(NC(=O)c2cnn(C)c2N)c(Br)c1. The van der Waals surface area contributed by atoms with Crippen molar-refractivity contribution in [2.24, 2.45) is 7.05 Å². The Kier molecular flexibility index (Phi) is 3.96. The number of nitrogens with one attached hydrogen (secondary N) is 1. The number of aromatic nitrogens is 2. The van der Waals surface area contributed by atoms with E-state index in [4.69, 9.17) is 5.73 Å². The van der Waals surface area contributed by atoms with E-state index in [0.29, 0.717) is 17.1 Å². The van der Waals surface area contributed by atoms with Crippen molar-refractivity contribution in [2.75, 3.05) is 11.1 Å². The van der Waals surface area contributed by atoms with E-state index in [-0.39, 0.29) is 5.91 Å². The van der Waals surface area contributed by atoms with Gasteiger partial charge in [0.05, 0.1) is 11.9 Å². The lowest BCUT2D eigenvalue weighted by Crippen LogP contribution is -2.14. The molecule has 0 fully saturated rings. The molecule has 0 unspecified atom stereocenters. The molecule has 2 rings (SSSR count). The molecule has 0 aliphatic heterocycles. The monoisotopic (exact) mass is 386 g/mol. The van der Waals surface area contributed by atoms with Gasteiger partial charge in [-0.05, 0) is 56.5 Å². The molecule has 1 aromatic heterocycles. The minimum atomic E-state index is -0.296. The fourth-order valence-electron chi connectivity index (χ4n) is 1.62. The molecule has 0 saturated heterocycles. The largest absolute Gasteiger partial charge is 0.383 e. The number of hydrogen-bond acceptors (Lipinski definition) is 3. The van der Waals surface area contributed by atoms with E-state index in [0.717, 1.165) is 14.5 Å². The summed E-state index contributed by atoms with van der Waals surface area (Å²) in [5, 5.41) is 6.76. The van der Waals surface area contributed by atoms with Crippen LogP contribution in [0, 0.1) is 6.92 Å². The van der Waals surface area contributed by atoms with Gasteiger partial charge in [0.1, 0.15) is 11.4 Å². The zero-order chi connectivity index (χ0) is 14.2. The number of hydrogen-bond donors (Lipinski definition) is 2. The van der Waals surface area contributed by atoms with Crippen LogP contribution >= 0.6 is 31.9 Å². The highest BCUT2D eigenvalue weighted by molar-refractivity contribution is 9.11. The number of anilines is 2. The van der Waals surface area contributed by atoms with Crippen LogP contribution in [0.1, 0.15) is 15.9 Å². The van der Waals surface area contributed by atoms with Crippen LogP contribution in [-0.4, -0.2) is 15.7 Å². The quantitative estimate of drug-likeness (QED) is 0.831. The van der Waals surface area contributed by atoms with Gasteiger partial charge < -0.3 is 11.1 Å². The van der Waals surface area contributed by atoms with Gasteiger partial charge in [-0.2, -0.15) is 5.10 Å². The molecule has 1 aromatic carbocycles. The van der Waals surface area contributed by atoms with Gasteiger partial charge in [0.15, 0.2) is 0 Å². The summed E-state index contributed by atoms with van der Waals surface area (Å²) in [5.41, 5.74) is 7.87. The van der Waals surface area contributed by atoms with Crippen LogP contribution < -0.4 is 11.1 Å². The van der Waals surface area contributed by atoms with Crippen LogP contribution in [0.3, 0.4) is 0 Å². The second-order valence-electron chi connectivity index (χ2n) is 4.12. The van der Waals surface area contributed by atoms with Crippen molar-refractivity contribution >= 4 is 49.3 Å². The van der Waals surface area contributed by atoms with Gasteiger partial charge in [-0.1, -0.05) is 0 Å². The van der Waals surface area contributed by atoms with Gasteiger partial charge in [0.25, 0.3) is 5.91 Å². The highest BCUT2D eigenvalue weighted by Crippen LogP contribution is 2.32. The maximum atomic E-state index is 12.2. The number of amides is 1. The summed E-state index contributed by atoms with van der Waals surface area (Å²) < 4.78 is 3.05. The summed E-state index contributed by atoms with van der Waals surface area (Å²) in [6.45, 7) is 1.97. The third-order valence-electron chi connectivity index (χ3n) is 2.65. The van der Waals surface area contributed by atoms with Crippen molar-refractivity contribution in [2.45, 2.75) is 6.92 Å². The molecule has 1 heterocycles. The predicted octanol–water partition coefficient (Wildman–Crippen LogP) is 3.09. The summed E-state index contributed by atoms with van der Waals surface area (Å²) in [6, 6.07) is 3.85. The molecular weight excluding hydrogens is 376 g/mol. The van der Waals surface area contributed by atoms with E-state index in [1.165, 1.54) is 10.9 Å². The first-order valence-corrected chi connectivity index (χ1v) is 7.03. The Bertz CT molecular complexity index is 628. The Morgan fingerprint density at radius 3 is 2.42 bits per heavy atom. The summed E-state index contributed by atoms with van der Waals surface area (Å²) >= 11 is 6.85. The molecule has 19 heavy (non-hydrogen) atoms. The first-order chi connectivity index (χ1) is 8.90. The van der Waals surface area contributed by atoms with E-state index in [1.54, 1.807) is 7.05 Å². The zero-order valence-electron chi connectivity index (χ0n) is 10.4. The zero-order valence-corrected chi connectivity index (χ0v) is 13.5. The minimum absolute atomic E-state index is 0.296. The fourth-order valence-corrected chi connectivity index (χ4v) is 3.24. The van der Waals surface area contributed by atoms with Gasteiger partial charge in [0, 0.05) is 16.0 Å². The average molecular weight is 388 g/mol. The molecule has 0 atom stereocenters. The number of benzene rings is 1. The highest BCUT2D eigenvalue weighted by Gasteiger charge is 2.16. The number of carbonyl (C=O) groups excluding carboxylic acids is 1. The lowest BCUT2D eigenvalue weighted by molar-refractivity contribution is 0.102. The summed E-state index contributed by atoms with van der Waals surface area (Å²) in [7, 11) is 1.68. The summed E-state index contributed by atoms with van der Waals surface area (Å²) in [4.78, 5) is 12.2. The first-order valence-electron chi connectivity index (χ1n) is 5.44. The lowest BCUT2D eigenvalue weighted by atomic mass is 10.2. The van der Waals surface area contributed by atoms with Gasteiger partial charge in [-0.25, -0.2) is 0 Å². The van der Waals surface area contributed by atoms with Crippen LogP contribution in [0.25, 0.3) is 0 Å². The highest BCUT2D eigenvalue weighted by atomic mass is 79.9. The molecule has 100 valence electrons. The minimum Gasteiger partial charge on any atom is -0.383 e. The van der Waals surface area contributed by atoms with Crippen LogP contribution in [0.2, 0.25) is 0 Å². The molecule has 0 aliphatic rings. The molecule has 1 amide bonds. The third kappa shape index (κ3) is 2.82. The van der Waals surface area contributed by atoms with Crippen molar-refractivity contribution in [1.82, 2.24) is 9.78 Å². The van der Waals surface area contributed by atoms with Gasteiger partial charge in [-0.15, -0.1) is 0 Å². The van der Waals surface area contributed by atoms with Crippen molar-refractivity contribution in [3.05, 3.63) is 38.4 Å². The maximum Gasteiger partial charge on any atom is 0.261 e. The van der Waals surface area contributed by atoms with Crippen LogP contribution in [0.15, 0.2) is 27.3 Å². The standard InChI is InChI=1S/C12H12Br2N4O/c1-6-3-8(13)10(9(14)4-6)17-12(19)7-5-16-18(2)11(7)15/h3-5H,15H2,1-2H3,(H,17,19). The summed E-state index contributed by atoms with van der Waals surface area (Å²) in [5.74, 6) is 0.0349. The van der Waals surface area contributed by atoms with Crippen molar-refractivity contribution in [1.29, 1.82) is 0 Å². The van der Waals surface area contributed by atoms with Crippen molar-refractivity contribution in [3.63, 3.8) is 0 Å². The molecule has 7 heteroatoms. The number of halogens is 2. The number of carbonyl (C=O) groups is 1. The second-order valence-corrected chi connectivity index (χ2v) is 5.83. The molecule has 5 nitrogen and oxygen atoms in total. The van der Waals surface area contributed by atoms with Crippen LogP contribution in [0.5, 0.6) is 0 Å². The average Bonchev–Trinajstić information content (AvgIpc) is 2.64. The van der Waals surface area contributed by atoms with Crippen LogP contribution in [-0.2, 0) is 7.05 Å². The molecule has 3 N–H and O–H groups in total. The molecule has 0 spiro atoms. The second kappa shape index (κ2) is 5.34. The molecule has 0 aliphatic carbocycles. The Balaban J connectivity index is 2.32. The molecular formula is C12H12Br2N4O. The molecule has 0 saturated carbocycles. The van der Waals surface area contributed by atoms with E-state index in [1.807, 2.05) is 19.1 Å². The Labute approximate surface area is 127 Å². The lowest BCUT2D eigenvalue weighted by Gasteiger charge is -2.10. The van der Waals surface area contributed by atoms with Crippen molar-refractivity contribution < 1.29 is 4.79 Å². The molecule has 2 aromatic rings. The van der Waals surface area contributed by atoms with Crippen LogP contribution in [0.4, 0.5) is 11.5 Å². The van der Waals surface area contributed by atoms with E-state index >= 15 is 0 Å². The van der Waals surface area contributed by atoms with Crippen molar-refractivity contribution in [3.8, 4) is 0 Å².